The molecule has 23 heavy (non-hydrogen) atoms. The van der Waals surface area contributed by atoms with Gasteiger partial charge in [-0.25, -0.2) is 9.18 Å². The standard InChI is InChI=1S/C17H33FN2O3/c1-4-15(18)10-7-5-6-8-11-16(21)19-12-9-13-20(2,3)14-17(22)23/h15H,4-14H2,1-3H3,(H-,19,21,22,23)/p+1. The number of unbranched alkanes of at least 4 members (excludes halogenated alkanes) is 3. The van der Waals surface area contributed by atoms with E-state index in [0.29, 0.717) is 36.8 Å². The molecule has 5 nitrogen and oxygen atoms in total. The lowest BCUT2D eigenvalue weighted by atomic mass is 10.1. The maximum atomic E-state index is 13.0. The number of carboxylic acid groups (broad SMARTS) is 1. The molecule has 0 fully saturated rings. The van der Waals surface area contributed by atoms with Gasteiger partial charge in [0.25, 0.3) is 0 Å². The molecule has 0 bridgehead atoms. The molecule has 0 aliphatic rings. The van der Waals surface area contributed by atoms with Crippen LogP contribution in [0.25, 0.3) is 0 Å². The summed E-state index contributed by atoms with van der Waals surface area (Å²) in [5.41, 5.74) is 0. The molecule has 0 heterocycles. The fraction of sp³-hybridized carbons (Fsp3) is 0.882. The van der Waals surface area contributed by atoms with E-state index in [1.54, 1.807) is 0 Å². The first-order chi connectivity index (χ1) is 10.8. The summed E-state index contributed by atoms with van der Waals surface area (Å²) in [6.45, 7) is 3.25. The molecule has 0 saturated heterocycles. The van der Waals surface area contributed by atoms with Gasteiger partial charge in [0.1, 0.15) is 0 Å². The number of hydrogen-bond acceptors (Lipinski definition) is 2. The van der Waals surface area contributed by atoms with Crippen LogP contribution in [-0.2, 0) is 9.59 Å². The predicted octanol–water partition coefficient (Wildman–Crippen LogP) is 2.74. The van der Waals surface area contributed by atoms with Gasteiger partial charge >= 0.3 is 5.97 Å². The molecule has 0 radical (unpaired) electrons. The van der Waals surface area contributed by atoms with Crippen LogP contribution in [0.2, 0.25) is 0 Å². The quantitative estimate of drug-likeness (QED) is 0.379. The average Bonchev–Trinajstić information content (AvgIpc) is 2.45. The minimum Gasteiger partial charge on any atom is -0.477 e. The molecule has 0 aromatic rings. The van der Waals surface area contributed by atoms with Crippen molar-refractivity contribution in [2.75, 3.05) is 33.7 Å². The van der Waals surface area contributed by atoms with E-state index < -0.39 is 12.1 Å². The van der Waals surface area contributed by atoms with E-state index in [9.17, 15) is 14.0 Å². The first kappa shape index (κ1) is 21.8. The molecular weight excluding hydrogens is 299 g/mol. The fourth-order valence-corrected chi connectivity index (χ4v) is 2.48. The van der Waals surface area contributed by atoms with Crippen LogP contribution in [0.5, 0.6) is 0 Å². The van der Waals surface area contributed by atoms with Crippen molar-refractivity contribution < 1.29 is 23.6 Å². The maximum absolute atomic E-state index is 13.0. The topological polar surface area (TPSA) is 66.4 Å². The lowest BCUT2D eigenvalue weighted by Gasteiger charge is -2.27. The normalized spacial score (nSPS) is 12.9. The molecule has 6 heteroatoms. The summed E-state index contributed by atoms with van der Waals surface area (Å²) in [6, 6.07) is 0. The molecule has 0 aromatic carbocycles. The van der Waals surface area contributed by atoms with Gasteiger partial charge in [-0.3, -0.25) is 4.79 Å². The molecule has 1 amide bonds. The van der Waals surface area contributed by atoms with Crippen molar-refractivity contribution in [1.29, 1.82) is 0 Å². The zero-order valence-corrected chi connectivity index (χ0v) is 14.9. The minimum absolute atomic E-state index is 0.0467. The summed E-state index contributed by atoms with van der Waals surface area (Å²) in [5.74, 6) is -0.762. The average molecular weight is 333 g/mol. The Morgan fingerprint density at radius 3 is 2.39 bits per heavy atom. The number of carbonyl (C=O) groups excluding carboxylic acids is 1. The highest BCUT2D eigenvalue weighted by Gasteiger charge is 2.18. The Morgan fingerprint density at radius 2 is 1.78 bits per heavy atom. The Morgan fingerprint density at radius 1 is 1.13 bits per heavy atom. The molecule has 0 aromatic heterocycles. The smallest absolute Gasteiger partial charge is 0.359 e. The van der Waals surface area contributed by atoms with E-state index in [1.807, 2.05) is 21.0 Å². The molecule has 136 valence electrons. The summed E-state index contributed by atoms with van der Waals surface area (Å²) in [4.78, 5) is 22.4. The predicted molar refractivity (Wildman–Crippen MR) is 90.0 cm³/mol. The highest BCUT2D eigenvalue weighted by molar-refractivity contribution is 5.75. The second-order valence-corrected chi connectivity index (χ2v) is 6.87. The van der Waals surface area contributed by atoms with Crippen molar-refractivity contribution in [2.24, 2.45) is 0 Å². The monoisotopic (exact) mass is 333 g/mol. The van der Waals surface area contributed by atoms with Crippen LogP contribution in [0.4, 0.5) is 4.39 Å². The van der Waals surface area contributed by atoms with Gasteiger partial charge in [0.15, 0.2) is 6.54 Å². The number of likely N-dealkylation sites (N-methyl/N-ethyl adjacent to an activating group) is 1. The number of amides is 1. The van der Waals surface area contributed by atoms with Gasteiger partial charge in [-0.15, -0.1) is 0 Å². The summed E-state index contributed by atoms with van der Waals surface area (Å²) in [5, 5.41) is 11.7. The van der Waals surface area contributed by atoms with E-state index >= 15 is 0 Å². The van der Waals surface area contributed by atoms with Crippen molar-refractivity contribution >= 4 is 11.9 Å². The van der Waals surface area contributed by atoms with Crippen molar-refractivity contribution in [1.82, 2.24) is 5.32 Å². The van der Waals surface area contributed by atoms with Crippen molar-refractivity contribution in [3.63, 3.8) is 0 Å². The van der Waals surface area contributed by atoms with Gasteiger partial charge in [0.2, 0.25) is 5.91 Å². The van der Waals surface area contributed by atoms with Gasteiger partial charge in [-0.2, -0.15) is 0 Å². The first-order valence-corrected chi connectivity index (χ1v) is 8.71. The van der Waals surface area contributed by atoms with Crippen LogP contribution in [0.1, 0.15) is 58.3 Å². The third kappa shape index (κ3) is 14.2. The van der Waals surface area contributed by atoms with Gasteiger partial charge in [-0.1, -0.05) is 26.2 Å². The Hall–Kier alpha value is -1.17. The molecule has 0 rings (SSSR count). The molecule has 0 aliphatic heterocycles. The zero-order valence-electron chi connectivity index (χ0n) is 14.9. The van der Waals surface area contributed by atoms with Crippen molar-refractivity contribution in [3.8, 4) is 0 Å². The maximum Gasteiger partial charge on any atom is 0.359 e. The highest BCUT2D eigenvalue weighted by atomic mass is 19.1. The van der Waals surface area contributed by atoms with Crippen molar-refractivity contribution in [3.05, 3.63) is 0 Å². The Labute approximate surface area is 139 Å². The number of carboxylic acids is 1. The number of quaternary nitrogens is 1. The third-order valence-corrected chi connectivity index (χ3v) is 3.94. The fourth-order valence-electron chi connectivity index (χ4n) is 2.48. The molecule has 0 aliphatic carbocycles. The molecular formula is C17H34FN2O3+. The van der Waals surface area contributed by atoms with E-state index in [4.69, 9.17) is 5.11 Å². The third-order valence-electron chi connectivity index (χ3n) is 3.94. The number of halogens is 1. The van der Waals surface area contributed by atoms with Crippen LogP contribution in [-0.4, -0.2) is 61.4 Å². The number of rotatable bonds is 14. The first-order valence-electron chi connectivity index (χ1n) is 8.71. The summed E-state index contributed by atoms with van der Waals surface area (Å²) >= 11 is 0. The lowest BCUT2D eigenvalue weighted by molar-refractivity contribution is -0.883. The zero-order chi connectivity index (χ0) is 17.7. The van der Waals surface area contributed by atoms with Gasteiger partial charge < -0.3 is 14.9 Å². The Bertz CT molecular complexity index is 349. The van der Waals surface area contributed by atoms with Crippen LogP contribution in [0.3, 0.4) is 0 Å². The van der Waals surface area contributed by atoms with E-state index in [1.165, 1.54) is 0 Å². The molecule has 1 atom stereocenters. The number of hydrogen-bond donors (Lipinski definition) is 2. The number of nitrogens with one attached hydrogen (secondary N) is 1. The number of carbonyl (C=O) groups is 2. The largest absolute Gasteiger partial charge is 0.477 e. The summed E-state index contributed by atoms with van der Waals surface area (Å²) in [7, 11) is 3.74. The SMILES string of the molecule is CCC(F)CCCCCCC(=O)NCCC[N+](C)(C)CC(=O)O. The molecule has 0 spiro atoms. The Balaban J connectivity index is 3.52. The number of aliphatic carboxylic acids is 1. The highest BCUT2D eigenvalue weighted by Crippen LogP contribution is 2.11. The van der Waals surface area contributed by atoms with Crippen LogP contribution < -0.4 is 5.32 Å². The minimum atomic E-state index is -0.808. The van der Waals surface area contributed by atoms with E-state index in [-0.39, 0.29) is 12.5 Å². The van der Waals surface area contributed by atoms with E-state index in [2.05, 4.69) is 5.32 Å². The molecule has 2 N–H and O–H groups in total. The van der Waals surface area contributed by atoms with Crippen molar-refractivity contribution in [2.45, 2.75) is 64.5 Å². The van der Waals surface area contributed by atoms with Gasteiger partial charge in [-0.05, 0) is 19.3 Å². The second-order valence-electron chi connectivity index (χ2n) is 6.87. The number of nitrogens with zero attached hydrogens (tertiary/aromatic N) is 1. The van der Waals surface area contributed by atoms with Gasteiger partial charge in [0.05, 0.1) is 26.8 Å². The van der Waals surface area contributed by atoms with E-state index in [0.717, 1.165) is 32.1 Å². The van der Waals surface area contributed by atoms with Gasteiger partial charge in [0, 0.05) is 19.4 Å². The number of alkyl halides is 1. The lowest BCUT2D eigenvalue weighted by Crippen LogP contribution is -2.45. The summed E-state index contributed by atoms with van der Waals surface area (Å²) in [6.07, 6.45) is 5.50. The molecule has 1 unspecified atom stereocenters. The molecule has 0 saturated carbocycles. The van der Waals surface area contributed by atoms with Crippen LogP contribution in [0, 0.1) is 0 Å². The second kappa shape index (κ2) is 12.3. The Kier molecular flexibility index (Phi) is 11.7. The summed E-state index contributed by atoms with van der Waals surface area (Å²) < 4.78 is 13.4. The van der Waals surface area contributed by atoms with Crippen LogP contribution >= 0.6 is 0 Å². The van der Waals surface area contributed by atoms with Crippen LogP contribution in [0.15, 0.2) is 0 Å².